The van der Waals surface area contributed by atoms with Crippen molar-refractivity contribution in [3.8, 4) is 0 Å². The summed E-state index contributed by atoms with van der Waals surface area (Å²) in [5, 5.41) is 14.2. The molecular weight excluding hydrogens is 434 g/mol. The molecule has 0 radical (unpaired) electrons. The SMILES string of the molecule is CCCCn1c(=O)c2sccc2n2c(CCC(=O)NCCc3ccc(Cl)cc3)nnc12. The number of fused-ring (bicyclic) bond motifs is 3. The van der Waals surface area contributed by atoms with Crippen LogP contribution in [0.1, 0.15) is 37.6 Å². The largest absolute Gasteiger partial charge is 0.356 e. The Morgan fingerprint density at radius 1 is 1.16 bits per heavy atom. The van der Waals surface area contributed by atoms with Gasteiger partial charge in [-0.3, -0.25) is 18.6 Å². The maximum Gasteiger partial charge on any atom is 0.272 e. The molecular formula is C22H24ClN5O2S. The van der Waals surface area contributed by atoms with Crippen molar-refractivity contribution in [3.63, 3.8) is 0 Å². The molecule has 1 aromatic carbocycles. The highest BCUT2D eigenvalue weighted by molar-refractivity contribution is 7.17. The van der Waals surface area contributed by atoms with Crippen molar-refractivity contribution in [1.82, 2.24) is 24.5 Å². The number of aromatic nitrogens is 4. The summed E-state index contributed by atoms with van der Waals surface area (Å²) in [6.45, 7) is 3.26. The molecule has 31 heavy (non-hydrogen) atoms. The number of thiophene rings is 1. The fourth-order valence-corrected chi connectivity index (χ4v) is 4.52. The van der Waals surface area contributed by atoms with Gasteiger partial charge in [0, 0.05) is 31.0 Å². The number of benzene rings is 1. The number of amides is 1. The van der Waals surface area contributed by atoms with E-state index in [1.165, 1.54) is 11.3 Å². The number of nitrogens with one attached hydrogen (secondary N) is 1. The molecule has 0 bridgehead atoms. The van der Waals surface area contributed by atoms with Gasteiger partial charge in [0.15, 0.2) is 0 Å². The highest BCUT2D eigenvalue weighted by Gasteiger charge is 2.17. The van der Waals surface area contributed by atoms with E-state index in [9.17, 15) is 9.59 Å². The normalized spacial score (nSPS) is 11.4. The monoisotopic (exact) mass is 457 g/mol. The minimum absolute atomic E-state index is 0.0233. The molecule has 1 N–H and O–H groups in total. The first kappa shape index (κ1) is 21.5. The maximum atomic E-state index is 12.9. The molecule has 4 rings (SSSR count). The van der Waals surface area contributed by atoms with Gasteiger partial charge in [-0.1, -0.05) is 37.1 Å². The third kappa shape index (κ3) is 4.65. The van der Waals surface area contributed by atoms with E-state index in [0.717, 1.165) is 30.3 Å². The van der Waals surface area contributed by atoms with Gasteiger partial charge in [0.2, 0.25) is 11.7 Å². The van der Waals surface area contributed by atoms with E-state index in [1.54, 1.807) is 4.57 Å². The molecule has 0 fully saturated rings. The number of hydrogen-bond donors (Lipinski definition) is 1. The van der Waals surface area contributed by atoms with Crippen LogP contribution in [0.3, 0.4) is 0 Å². The summed E-state index contributed by atoms with van der Waals surface area (Å²) in [5.41, 5.74) is 1.91. The third-order valence-electron chi connectivity index (χ3n) is 5.24. The first-order valence-corrected chi connectivity index (χ1v) is 11.7. The number of rotatable bonds is 9. The number of unbranched alkanes of at least 4 members (excludes halogenated alkanes) is 1. The Bertz CT molecular complexity index is 1260. The second-order valence-electron chi connectivity index (χ2n) is 7.42. The summed E-state index contributed by atoms with van der Waals surface area (Å²) >= 11 is 7.32. The molecule has 0 aliphatic carbocycles. The topological polar surface area (TPSA) is 81.3 Å². The summed E-state index contributed by atoms with van der Waals surface area (Å²) < 4.78 is 4.31. The molecule has 7 nitrogen and oxygen atoms in total. The maximum absolute atomic E-state index is 12.9. The molecule has 0 saturated heterocycles. The van der Waals surface area contributed by atoms with Crippen LogP contribution in [0.4, 0.5) is 0 Å². The molecule has 4 aromatic rings. The van der Waals surface area contributed by atoms with Crippen molar-refractivity contribution < 1.29 is 4.79 Å². The van der Waals surface area contributed by atoms with Gasteiger partial charge in [-0.15, -0.1) is 21.5 Å². The fraction of sp³-hybridized carbons (Fsp3) is 0.364. The molecule has 1 amide bonds. The summed E-state index contributed by atoms with van der Waals surface area (Å²) in [6.07, 6.45) is 3.38. The van der Waals surface area contributed by atoms with Crippen LogP contribution in [0.2, 0.25) is 5.02 Å². The molecule has 0 unspecified atom stereocenters. The van der Waals surface area contributed by atoms with E-state index in [4.69, 9.17) is 11.6 Å². The second kappa shape index (κ2) is 9.62. The number of aryl methyl sites for hydroxylation is 2. The van der Waals surface area contributed by atoms with Crippen LogP contribution in [0, 0.1) is 0 Å². The average molecular weight is 458 g/mol. The first-order chi connectivity index (χ1) is 15.1. The van der Waals surface area contributed by atoms with Gasteiger partial charge in [0.25, 0.3) is 5.56 Å². The Hall–Kier alpha value is -2.71. The molecule has 0 aliphatic rings. The Morgan fingerprint density at radius 3 is 2.74 bits per heavy atom. The molecule has 0 atom stereocenters. The molecule has 0 aliphatic heterocycles. The second-order valence-corrected chi connectivity index (χ2v) is 8.78. The fourth-order valence-electron chi connectivity index (χ4n) is 3.57. The van der Waals surface area contributed by atoms with E-state index >= 15 is 0 Å². The van der Waals surface area contributed by atoms with E-state index in [1.807, 2.05) is 40.1 Å². The van der Waals surface area contributed by atoms with E-state index in [0.29, 0.717) is 47.3 Å². The minimum atomic E-state index is -0.0356. The van der Waals surface area contributed by atoms with E-state index in [-0.39, 0.29) is 11.5 Å². The van der Waals surface area contributed by atoms with Crippen LogP contribution >= 0.6 is 22.9 Å². The Morgan fingerprint density at radius 2 is 1.97 bits per heavy atom. The number of carbonyl (C=O) groups excluding carboxylic acids is 1. The zero-order valence-corrected chi connectivity index (χ0v) is 18.9. The van der Waals surface area contributed by atoms with Crippen LogP contribution in [0.25, 0.3) is 16.0 Å². The van der Waals surface area contributed by atoms with Crippen molar-refractivity contribution in [2.24, 2.45) is 0 Å². The summed E-state index contributed by atoms with van der Waals surface area (Å²) in [4.78, 5) is 25.2. The highest BCUT2D eigenvalue weighted by atomic mass is 35.5. The highest BCUT2D eigenvalue weighted by Crippen LogP contribution is 2.20. The van der Waals surface area contributed by atoms with Crippen molar-refractivity contribution >= 4 is 44.8 Å². The molecule has 0 saturated carbocycles. The number of halogens is 1. The van der Waals surface area contributed by atoms with Crippen LogP contribution in [0.5, 0.6) is 0 Å². The smallest absolute Gasteiger partial charge is 0.272 e. The summed E-state index contributed by atoms with van der Waals surface area (Å²) in [7, 11) is 0. The molecule has 0 spiro atoms. The van der Waals surface area contributed by atoms with Crippen molar-refractivity contribution in [3.05, 3.63) is 62.5 Å². The minimum Gasteiger partial charge on any atom is -0.356 e. The molecule has 3 aromatic heterocycles. The zero-order valence-electron chi connectivity index (χ0n) is 17.3. The lowest BCUT2D eigenvalue weighted by atomic mass is 10.1. The van der Waals surface area contributed by atoms with Gasteiger partial charge in [-0.2, -0.15) is 0 Å². The number of carbonyl (C=O) groups is 1. The van der Waals surface area contributed by atoms with Crippen LogP contribution in [0.15, 0.2) is 40.5 Å². The Balaban J connectivity index is 1.46. The quantitative estimate of drug-likeness (QED) is 0.414. The van der Waals surface area contributed by atoms with E-state index < -0.39 is 0 Å². The van der Waals surface area contributed by atoms with Crippen molar-refractivity contribution in [2.75, 3.05) is 6.54 Å². The van der Waals surface area contributed by atoms with Crippen molar-refractivity contribution in [2.45, 2.75) is 45.6 Å². The van der Waals surface area contributed by atoms with Crippen molar-refractivity contribution in [1.29, 1.82) is 0 Å². The summed E-state index contributed by atoms with van der Waals surface area (Å²) in [5.74, 6) is 1.20. The van der Waals surface area contributed by atoms with Gasteiger partial charge in [-0.05, 0) is 42.0 Å². The Labute approximate surface area is 188 Å². The van der Waals surface area contributed by atoms with E-state index in [2.05, 4.69) is 22.4 Å². The average Bonchev–Trinajstić information content (AvgIpc) is 3.41. The summed E-state index contributed by atoms with van der Waals surface area (Å²) in [6, 6.07) is 9.53. The predicted molar refractivity (Wildman–Crippen MR) is 124 cm³/mol. The standard InChI is InChI=1S/C22H24ClN5O2S/c1-2-3-13-27-21(30)20-17(11-14-31-20)28-18(25-26-22(27)28)8-9-19(29)24-12-10-15-4-6-16(23)7-5-15/h4-7,11,14H,2-3,8-10,12-13H2,1H3,(H,24,29). The molecule has 3 heterocycles. The lowest BCUT2D eigenvalue weighted by molar-refractivity contribution is -0.121. The van der Waals surface area contributed by atoms with Gasteiger partial charge < -0.3 is 5.32 Å². The zero-order chi connectivity index (χ0) is 21.8. The van der Waals surface area contributed by atoms with Gasteiger partial charge >= 0.3 is 0 Å². The predicted octanol–water partition coefficient (Wildman–Crippen LogP) is 3.85. The van der Waals surface area contributed by atoms with Crippen LogP contribution < -0.4 is 10.9 Å². The Kier molecular flexibility index (Phi) is 6.67. The molecule has 9 heteroatoms. The third-order valence-corrected chi connectivity index (χ3v) is 6.38. The number of hydrogen-bond acceptors (Lipinski definition) is 5. The van der Waals surface area contributed by atoms with Gasteiger partial charge in [0.1, 0.15) is 10.5 Å². The van der Waals surface area contributed by atoms with Gasteiger partial charge in [0.05, 0.1) is 5.52 Å². The van der Waals surface area contributed by atoms with Gasteiger partial charge in [-0.25, -0.2) is 0 Å². The molecule has 162 valence electrons. The van der Waals surface area contributed by atoms with Crippen LogP contribution in [-0.2, 0) is 24.2 Å². The lowest BCUT2D eigenvalue weighted by Crippen LogP contribution is -2.26. The van der Waals surface area contributed by atoms with Crippen LogP contribution in [-0.4, -0.2) is 31.6 Å². The number of nitrogens with zero attached hydrogens (tertiary/aromatic N) is 4. The lowest BCUT2D eigenvalue weighted by Gasteiger charge is -2.09. The first-order valence-electron chi connectivity index (χ1n) is 10.4.